The van der Waals surface area contributed by atoms with E-state index in [2.05, 4.69) is 22.4 Å². The van der Waals surface area contributed by atoms with E-state index in [9.17, 15) is 0 Å². The number of hydrogen-bond acceptors (Lipinski definition) is 10. The Morgan fingerprint density at radius 3 is 2.56 bits per heavy atom. The van der Waals surface area contributed by atoms with Crippen molar-refractivity contribution in [2.45, 2.75) is 57.5 Å². The highest BCUT2D eigenvalue weighted by Gasteiger charge is 2.36. The molecule has 11 nitrogen and oxygen atoms in total. The van der Waals surface area contributed by atoms with E-state index in [0.717, 1.165) is 46.8 Å². The van der Waals surface area contributed by atoms with Crippen LogP contribution in [0.2, 0.25) is 0 Å². The number of nitrogens with two attached hydrogens (primary N) is 1. The molecule has 6 rings (SSSR count). The first-order valence-corrected chi connectivity index (χ1v) is 13.6. The summed E-state index contributed by atoms with van der Waals surface area (Å²) in [5, 5.41) is 8.34. The Morgan fingerprint density at radius 2 is 1.90 bits per heavy atom. The van der Waals surface area contributed by atoms with Crippen molar-refractivity contribution in [3.05, 3.63) is 77.2 Å². The van der Waals surface area contributed by atoms with Crippen LogP contribution in [-0.4, -0.2) is 43.8 Å². The Labute approximate surface area is 238 Å². The zero-order valence-electron chi connectivity index (χ0n) is 23.9. The highest BCUT2D eigenvalue weighted by Crippen LogP contribution is 2.46. The molecule has 0 atom stereocenters. The molecule has 0 amide bonds. The van der Waals surface area contributed by atoms with Gasteiger partial charge < -0.3 is 24.9 Å². The number of nitrogens with one attached hydrogen (secondary N) is 1. The number of aromatic nitrogens is 6. The lowest BCUT2D eigenvalue weighted by Crippen LogP contribution is -2.29. The van der Waals surface area contributed by atoms with Crippen LogP contribution < -0.4 is 20.5 Å². The van der Waals surface area contributed by atoms with Gasteiger partial charge in [-0.3, -0.25) is 4.98 Å². The van der Waals surface area contributed by atoms with Gasteiger partial charge in [-0.1, -0.05) is 6.07 Å². The van der Waals surface area contributed by atoms with Crippen LogP contribution in [0.25, 0.3) is 17.2 Å². The molecular weight excluding hydrogens is 520 g/mol. The maximum Gasteiger partial charge on any atom is 0.245 e. The van der Waals surface area contributed by atoms with E-state index in [-0.39, 0.29) is 5.92 Å². The molecule has 1 saturated carbocycles. The number of hydrogen-bond donors (Lipinski definition) is 2. The predicted molar refractivity (Wildman–Crippen MR) is 154 cm³/mol. The van der Waals surface area contributed by atoms with Gasteiger partial charge in [0.25, 0.3) is 0 Å². The molecule has 11 heteroatoms. The minimum absolute atomic E-state index is 0.228. The third-order valence-corrected chi connectivity index (χ3v) is 7.75. The normalized spacial score (nSPS) is 16.9. The number of nitrogens with zero attached hydrogens (tertiary/aromatic N) is 6. The van der Waals surface area contributed by atoms with Crippen molar-refractivity contribution in [3.8, 4) is 23.1 Å². The number of rotatable bonds is 9. The molecular formula is C30H34N8O3. The Kier molecular flexibility index (Phi) is 6.82. The van der Waals surface area contributed by atoms with Crippen molar-refractivity contribution in [3.63, 3.8) is 0 Å². The van der Waals surface area contributed by atoms with Crippen LogP contribution in [0.1, 0.15) is 66.7 Å². The summed E-state index contributed by atoms with van der Waals surface area (Å²) < 4.78 is 18.3. The summed E-state index contributed by atoms with van der Waals surface area (Å²) in [5.41, 5.74) is 11.0. The van der Waals surface area contributed by atoms with E-state index in [1.165, 1.54) is 6.26 Å². The largest absolute Gasteiger partial charge is 0.497 e. The molecule has 212 valence electrons. The lowest BCUT2D eigenvalue weighted by atomic mass is 9.72. The van der Waals surface area contributed by atoms with Gasteiger partial charge in [0.05, 0.1) is 20.4 Å². The van der Waals surface area contributed by atoms with Crippen LogP contribution in [0, 0.1) is 6.92 Å². The fourth-order valence-electron chi connectivity index (χ4n) is 5.17. The summed E-state index contributed by atoms with van der Waals surface area (Å²) in [5.74, 6) is 3.79. The Balaban J connectivity index is 1.28. The van der Waals surface area contributed by atoms with E-state index in [1.807, 2.05) is 45.2 Å². The number of pyridine rings is 1. The highest BCUT2D eigenvalue weighted by molar-refractivity contribution is 5.66. The highest BCUT2D eigenvalue weighted by atomic mass is 16.5. The van der Waals surface area contributed by atoms with Crippen LogP contribution in [0.5, 0.6) is 11.5 Å². The van der Waals surface area contributed by atoms with E-state index < -0.39 is 5.54 Å². The summed E-state index contributed by atoms with van der Waals surface area (Å²) in [4.78, 5) is 18.9. The van der Waals surface area contributed by atoms with E-state index in [1.54, 1.807) is 24.9 Å². The van der Waals surface area contributed by atoms with Crippen LogP contribution in [0.15, 0.2) is 53.4 Å². The van der Waals surface area contributed by atoms with Crippen LogP contribution in [-0.2, 0) is 12.1 Å². The maximum absolute atomic E-state index is 6.22. The van der Waals surface area contributed by atoms with Crippen LogP contribution in [0.4, 0.5) is 5.95 Å². The van der Waals surface area contributed by atoms with E-state index in [0.29, 0.717) is 41.4 Å². The molecule has 1 aromatic carbocycles. The fraction of sp³-hybridized carbons (Fsp3) is 0.367. The van der Waals surface area contributed by atoms with Gasteiger partial charge >= 0.3 is 0 Å². The number of oxazole rings is 1. The number of ether oxygens (including phenoxy) is 2. The molecule has 4 aromatic heterocycles. The summed E-state index contributed by atoms with van der Waals surface area (Å²) in [6.45, 7) is 6.38. The maximum atomic E-state index is 6.22. The molecule has 0 spiro atoms. The first-order valence-electron chi connectivity index (χ1n) is 13.6. The zero-order valence-corrected chi connectivity index (χ0v) is 23.9. The molecule has 0 saturated heterocycles. The number of anilines is 1. The topological polar surface area (TPSA) is 139 Å². The summed E-state index contributed by atoms with van der Waals surface area (Å²) >= 11 is 0. The molecule has 0 aliphatic heterocycles. The summed E-state index contributed by atoms with van der Waals surface area (Å²) in [6.07, 6.45) is 6.89. The van der Waals surface area contributed by atoms with Gasteiger partial charge in [-0.25, -0.2) is 15.0 Å². The second-order valence-corrected chi connectivity index (χ2v) is 11.0. The number of benzene rings is 1. The van der Waals surface area contributed by atoms with E-state index in [4.69, 9.17) is 39.7 Å². The minimum Gasteiger partial charge on any atom is -0.497 e. The Morgan fingerprint density at radius 1 is 1.07 bits per heavy atom. The molecule has 0 radical (unpaired) electrons. The molecule has 5 aromatic rings. The molecule has 4 heterocycles. The van der Waals surface area contributed by atoms with E-state index >= 15 is 0 Å². The second kappa shape index (κ2) is 10.5. The standard InChI is InChI=1S/C30H34N8O3/c1-17-25(28-32-10-11-41-28)35-29(34-15-18-6-8-22(39-4)14-24(18)40-5)38-27(17)36-26(37-38)20-12-19(13-20)23-9-7-21(16-33-23)30(2,3)31/h6-11,14,16,19-20H,12-13,15,31H2,1-5H3,(H,34,35)/t19-,20+. The van der Waals surface area contributed by atoms with Gasteiger partial charge in [0.2, 0.25) is 11.8 Å². The van der Waals surface area contributed by atoms with Gasteiger partial charge in [-0.05, 0) is 57.4 Å². The Hall–Kier alpha value is -4.51. The minimum atomic E-state index is -0.408. The lowest BCUT2D eigenvalue weighted by Gasteiger charge is -2.33. The molecule has 0 bridgehead atoms. The van der Waals surface area contributed by atoms with Gasteiger partial charge in [0.1, 0.15) is 23.5 Å². The van der Waals surface area contributed by atoms with Gasteiger partial charge in [-0.15, -0.1) is 5.10 Å². The zero-order chi connectivity index (χ0) is 28.7. The van der Waals surface area contributed by atoms with Crippen molar-refractivity contribution >= 4 is 11.6 Å². The smallest absolute Gasteiger partial charge is 0.245 e. The summed E-state index contributed by atoms with van der Waals surface area (Å²) in [7, 11) is 3.27. The van der Waals surface area contributed by atoms with Gasteiger partial charge in [0.15, 0.2) is 11.5 Å². The SMILES string of the molecule is COc1ccc(CNc2nc(-c3ncco3)c(C)c3nc([C@H]4C[C@@H](c5ccc(C(C)(C)N)cn5)C4)nn23)c(OC)c1. The van der Waals surface area contributed by atoms with Gasteiger partial charge in [0, 0.05) is 53.0 Å². The first-order chi connectivity index (χ1) is 19.7. The number of fused-ring (bicyclic) bond motifs is 1. The molecule has 0 unspecified atom stereocenters. The average Bonchev–Trinajstić information content (AvgIpc) is 3.63. The summed E-state index contributed by atoms with van der Waals surface area (Å²) in [6, 6.07) is 9.88. The average molecular weight is 555 g/mol. The third-order valence-electron chi connectivity index (χ3n) is 7.75. The molecule has 1 aliphatic rings. The van der Waals surface area contributed by atoms with Crippen LogP contribution in [0.3, 0.4) is 0 Å². The quantitative estimate of drug-likeness (QED) is 0.257. The van der Waals surface area contributed by atoms with Crippen molar-refractivity contribution in [1.29, 1.82) is 0 Å². The number of aryl methyl sites for hydroxylation is 1. The number of methoxy groups -OCH3 is 2. The third kappa shape index (κ3) is 5.08. The van der Waals surface area contributed by atoms with Crippen molar-refractivity contribution in [2.24, 2.45) is 5.73 Å². The molecule has 1 aliphatic carbocycles. The fourth-order valence-corrected chi connectivity index (χ4v) is 5.17. The first kappa shape index (κ1) is 26.7. The van der Waals surface area contributed by atoms with Gasteiger partial charge in [-0.2, -0.15) is 4.52 Å². The Bertz CT molecular complexity index is 1670. The van der Waals surface area contributed by atoms with Crippen molar-refractivity contribution in [2.75, 3.05) is 19.5 Å². The van der Waals surface area contributed by atoms with Crippen molar-refractivity contribution < 1.29 is 13.9 Å². The predicted octanol–water partition coefficient (Wildman–Crippen LogP) is 4.97. The monoisotopic (exact) mass is 554 g/mol. The second-order valence-electron chi connectivity index (χ2n) is 11.0. The van der Waals surface area contributed by atoms with Crippen LogP contribution >= 0.6 is 0 Å². The van der Waals surface area contributed by atoms with Crippen molar-refractivity contribution in [1.82, 2.24) is 29.5 Å². The lowest BCUT2D eigenvalue weighted by molar-refractivity contribution is 0.332. The molecule has 41 heavy (non-hydrogen) atoms. The molecule has 3 N–H and O–H groups in total. The molecule has 1 fully saturated rings.